The third kappa shape index (κ3) is 3.01. The van der Waals surface area contributed by atoms with E-state index >= 15 is 0 Å². The van der Waals surface area contributed by atoms with Crippen molar-refractivity contribution in [3.63, 3.8) is 0 Å². The summed E-state index contributed by atoms with van der Waals surface area (Å²) in [6.45, 7) is 1.69. The second kappa shape index (κ2) is 5.39. The molecule has 2 aromatic rings. The van der Waals surface area contributed by atoms with Crippen LogP contribution < -0.4 is 10.1 Å². The number of hydrogen-bond donors (Lipinski definition) is 1. The van der Waals surface area contributed by atoms with Crippen molar-refractivity contribution >= 4 is 11.4 Å². The molecular weight excluding hydrogens is 244 g/mol. The van der Waals surface area contributed by atoms with Gasteiger partial charge in [-0.05, 0) is 43.3 Å². The van der Waals surface area contributed by atoms with Gasteiger partial charge in [0.1, 0.15) is 11.5 Å². The summed E-state index contributed by atoms with van der Waals surface area (Å²) in [6.07, 6.45) is 0. The van der Waals surface area contributed by atoms with Crippen LogP contribution in [0, 0.1) is 17.0 Å². The van der Waals surface area contributed by atoms with Crippen molar-refractivity contribution in [1.29, 1.82) is 0 Å². The van der Waals surface area contributed by atoms with Gasteiger partial charge >= 0.3 is 0 Å². The molecule has 0 saturated heterocycles. The van der Waals surface area contributed by atoms with E-state index in [1.165, 1.54) is 6.07 Å². The molecule has 0 amide bonds. The zero-order valence-corrected chi connectivity index (χ0v) is 10.7. The molecule has 0 spiro atoms. The second-order valence-corrected chi connectivity index (χ2v) is 4.08. The summed E-state index contributed by atoms with van der Waals surface area (Å²) in [5.41, 5.74) is 1.67. The third-order valence-corrected chi connectivity index (χ3v) is 2.74. The molecule has 0 aliphatic heterocycles. The summed E-state index contributed by atoms with van der Waals surface area (Å²) in [5.74, 6) is 1.27. The van der Waals surface area contributed by atoms with Gasteiger partial charge in [-0.1, -0.05) is 0 Å². The number of aryl methyl sites for hydroxylation is 1. The Labute approximate surface area is 111 Å². The highest BCUT2D eigenvalue weighted by molar-refractivity contribution is 5.48. The zero-order chi connectivity index (χ0) is 13.8. The quantitative estimate of drug-likeness (QED) is 0.670. The van der Waals surface area contributed by atoms with E-state index < -0.39 is 4.92 Å². The van der Waals surface area contributed by atoms with Crippen molar-refractivity contribution in [1.82, 2.24) is 0 Å². The Morgan fingerprint density at radius 3 is 2.26 bits per heavy atom. The van der Waals surface area contributed by atoms with Crippen molar-refractivity contribution < 1.29 is 9.66 Å². The fourth-order valence-electron chi connectivity index (χ4n) is 1.72. The van der Waals surface area contributed by atoms with Crippen LogP contribution >= 0.6 is 0 Å². The number of nitrogens with one attached hydrogen (secondary N) is 1. The molecule has 5 nitrogen and oxygen atoms in total. The van der Waals surface area contributed by atoms with Gasteiger partial charge in [0.05, 0.1) is 4.92 Å². The molecule has 2 aromatic carbocycles. The fourth-order valence-corrected chi connectivity index (χ4v) is 1.72. The van der Waals surface area contributed by atoms with Crippen molar-refractivity contribution in [3.05, 3.63) is 58.1 Å². The predicted octanol–water partition coefficient (Wildman–Crippen LogP) is 3.74. The number of anilines is 1. The van der Waals surface area contributed by atoms with Crippen LogP contribution in [-0.2, 0) is 0 Å². The lowest BCUT2D eigenvalue weighted by Gasteiger charge is -2.07. The van der Waals surface area contributed by atoms with E-state index in [2.05, 4.69) is 5.32 Å². The Kier molecular flexibility index (Phi) is 3.66. The van der Waals surface area contributed by atoms with Gasteiger partial charge in [0.2, 0.25) is 0 Å². The van der Waals surface area contributed by atoms with E-state index in [4.69, 9.17) is 4.74 Å². The van der Waals surface area contributed by atoms with Crippen LogP contribution in [-0.4, -0.2) is 12.0 Å². The van der Waals surface area contributed by atoms with Gasteiger partial charge in [-0.15, -0.1) is 0 Å². The Morgan fingerprint density at radius 1 is 1.11 bits per heavy atom. The standard InChI is InChI=1S/C14H14N2O3/c1-10-9-13(7-8-14(10)16(17)18)19-12-5-3-11(15-2)4-6-12/h3-9,15H,1-2H3. The van der Waals surface area contributed by atoms with E-state index in [1.54, 1.807) is 19.1 Å². The normalized spacial score (nSPS) is 10.0. The highest BCUT2D eigenvalue weighted by Gasteiger charge is 2.10. The maximum atomic E-state index is 10.7. The van der Waals surface area contributed by atoms with Gasteiger partial charge in [0.15, 0.2) is 0 Å². The third-order valence-electron chi connectivity index (χ3n) is 2.74. The number of rotatable bonds is 4. The van der Waals surface area contributed by atoms with Gasteiger partial charge in [0, 0.05) is 24.4 Å². The van der Waals surface area contributed by atoms with Crippen LogP contribution in [0.3, 0.4) is 0 Å². The zero-order valence-electron chi connectivity index (χ0n) is 10.7. The highest BCUT2D eigenvalue weighted by atomic mass is 16.6. The summed E-state index contributed by atoms with van der Waals surface area (Å²) in [7, 11) is 1.84. The molecule has 2 rings (SSSR count). The first-order valence-electron chi connectivity index (χ1n) is 5.81. The molecule has 0 atom stereocenters. The van der Waals surface area contributed by atoms with Crippen molar-refractivity contribution in [2.45, 2.75) is 6.92 Å². The summed E-state index contributed by atoms with van der Waals surface area (Å²) >= 11 is 0. The smallest absolute Gasteiger partial charge is 0.272 e. The van der Waals surface area contributed by atoms with Crippen LogP contribution in [0.4, 0.5) is 11.4 Å². The maximum Gasteiger partial charge on any atom is 0.272 e. The molecule has 0 bridgehead atoms. The van der Waals surface area contributed by atoms with Gasteiger partial charge in [0.25, 0.3) is 5.69 Å². The predicted molar refractivity (Wildman–Crippen MR) is 73.9 cm³/mol. The number of nitro groups is 1. The van der Waals surface area contributed by atoms with Gasteiger partial charge in [-0.25, -0.2) is 0 Å². The van der Waals surface area contributed by atoms with Crippen molar-refractivity contribution in [3.8, 4) is 11.5 Å². The minimum Gasteiger partial charge on any atom is -0.457 e. The molecule has 0 fully saturated rings. The highest BCUT2D eigenvalue weighted by Crippen LogP contribution is 2.27. The molecule has 0 aromatic heterocycles. The van der Waals surface area contributed by atoms with Crippen LogP contribution in [0.25, 0.3) is 0 Å². The minimum atomic E-state index is -0.402. The van der Waals surface area contributed by atoms with E-state index in [1.807, 2.05) is 31.3 Å². The number of benzene rings is 2. The monoisotopic (exact) mass is 258 g/mol. The van der Waals surface area contributed by atoms with E-state index in [9.17, 15) is 10.1 Å². The first-order valence-corrected chi connectivity index (χ1v) is 5.81. The van der Waals surface area contributed by atoms with E-state index in [0.29, 0.717) is 17.1 Å². The summed E-state index contributed by atoms with van der Waals surface area (Å²) < 4.78 is 5.64. The fraction of sp³-hybridized carbons (Fsp3) is 0.143. The molecule has 0 aliphatic rings. The Bertz CT molecular complexity index is 594. The lowest BCUT2D eigenvalue weighted by atomic mass is 10.2. The SMILES string of the molecule is CNc1ccc(Oc2ccc([N+](=O)[O-])c(C)c2)cc1. The molecule has 19 heavy (non-hydrogen) atoms. The number of hydrogen-bond acceptors (Lipinski definition) is 4. The maximum absolute atomic E-state index is 10.7. The molecule has 0 saturated carbocycles. The molecule has 0 aliphatic carbocycles. The average Bonchev–Trinajstić information content (AvgIpc) is 2.39. The van der Waals surface area contributed by atoms with Crippen LogP contribution in [0.2, 0.25) is 0 Å². The van der Waals surface area contributed by atoms with Gasteiger partial charge in [-0.3, -0.25) is 10.1 Å². The van der Waals surface area contributed by atoms with E-state index in [-0.39, 0.29) is 5.69 Å². The molecule has 1 N–H and O–H groups in total. The lowest BCUT2D eigenvalue weighted by molar-refractivity contribution is -0.385. The number of nitro benzene ring substituents is 1. The molecule has 0 unspecified atom stereocenters. The van der Waals surface area contributed by atoms with Gasteiger partial charge in [-0.2, -0.15) is 0 Å². The lowest BCUT2D eigenvalue weighted by Crippen LogP contribution is -1.92. The first-order chi connectivity index (χ1) is 9.10. The van der Waals surface area contributed by atoms with E-state index in [0.717, 1.165) is 5.69 Å². The Balaban J connectivity index is 2.18. The molecule has 0 heterocycles. The van der Waals surface area contributed by atoms with Gasteiger partial charge < -0.3 is 10.1 Å². The van der Waals surface area contributed by atoms with Crippen LogP contribution in [0.1, 0.15) is 5.56 Å². The molecule has 5 heteroatoms. The summed E-state index contributed by atoms with van der Waals surface area (Å²) in [4.78, 5) is 10.3. The Hall–Kier alpha value is -2.56. The summed E-state index contributed by atoms with van der Waals surface area (Å²) in [5, 5.41) is 13.7. The molecule has 0 radical (unpaired) electrons. The topological polar surface area (TPSA) is 64.4 Å². The first kappa shape index (κ1) is 12.9. The van der Waals surface area contributed by atoms with Crippen LogP contribution in [0.5, 0.6) is 11.5 Å². The number of nitrogens with zero attached hydrogens (tertiary/aromatic N) is 1. The van der Waals surface area contributed by atoms with Crippen molar-refractivity contribution in [2.75, 3.05) is 12.4 Å². The average molecular weight is 258 g/mol. The molecular formula is C14H14N2O3. The second-order valence-electron chi connectivity index (χ2n) is 4.08. The Morgan fingerprint density at radius 2 is 1.74 bits per heavy atom. The van der Waals surface area contributed by atoms with Crippen molar-refractivity contribution in [2.24, 2.45) is 0 Å². The number of ether oxygens (including phenoxy) is 1. The largest absolute Gasteiger partial charge is 0.457 e. The molecule has 98 valence electrons. The summed E-state index contributed by atoms with van der Waals surface area (Å²) in [6, 6.07) is 12.2. The van der Waals surface area contributed by atoms with Crippen LogP contribution in [0.15, 0.2) is 42.5 Å². The minimum absolute atomic E-state index is 0.0953.